The summed E-state index contributed by atoms with van der Waals surface area (Å²) in [7, 11) is 0. The van der Waals surface area contributed by atoms with E-state index in [1.807, 2.05) is 91.0 Å². The molecule has 50 heavy (non-hydrogen) atoms. The van der Waals surface area contributed by atoms with Crippen molar-refractivity contribution in [1.29, 1.82) is 10.5 Å². The highest BCUT2D eigenvalue weighted by molar-refractivity contribution is 6.11. The van der Waals surface area contributed by atoms with E-state index in [9.17, 15) is 10.5 Å². The lowest BCUT2D eigenvalue weighted by Crippen LogP contribution is -1.98. The Hall–Kier alpha value is -7.39. The first kappa shape index (κ1) is 28.8. The SMILES string of the molecule is [C-]#[N+]c1ccc2c(c1)c1ccccc1n2-c1ccccc1-c1ccc(C#N)c(-c2cccc(-n3c4ccccc4c4cc(C#N)ccc43)c2)c1. The molecule has 0 amide bonds. The molecule has 0 aliphatic carbocycles. The van der Waals surface area contributed by atoms with Gasteiger partial charge in [0, 0.05) is 33.0 Å². The average molecular weight is 636 g/mol. The van der Waals surface area contributed by atoms with Gasteiger partial charge in [-0.1, -0.05) is 78.9 Å². The summed E-state index contributed by atoms with van der Waals surface area (Å²) in [5.74, 6) is 0. The summed E-state index contributed by atoms with van der Waals surface area (Å²) in [6, 6.07) is 55.7. The van der Waals surface area contributed by atoms with Gasteiger partial charge in [-0.25, -0.2) is 4.85 Å². The first-order chi connectivity index (χ1) is 24.7. The van der Waals surface area contributed by atoms with Gasteiger partial charge in [0.25, 0.3) is 0 Å². The molecule has 9 aromatic rings. The van der Waals surface area contributed by atoms with Crippen LogP contribution in [0, 0.1) is 29.2 Å². The summed E-state index contributed by atoms with van der Waals surface area (Å²) < 4.78 is 4.49. The lowest BCUT2D eigenvalue weighted by Gasteiger charge is -2.16. The highest BCUT2D eigenvalue weighted by Crippen LogP contribution is 2.40. The van der Waals surface area contributed by atoms with Crippen molar-refractivity contribution in [2.24, 2.45) is 0 Å². The number of aromatic nitrogens is 2. The first-order valence-electron chi connectivity index (χ1n) is 16.3. The van der Waals surface area contributed by atoms with E-state index in [2.05, 4.69) is 86.8 Å². The van der Waals surface area contributed by atoms with Crippen LogP contribution in [0.3, 0.4) is 0 Å². The standard InChI is InChI=1S/C45H25N5/c1-48-33-20-22-45-40(26-33)37-13-4-7-16-43(37)50(45)41-14-5-2-11-35(41)31-18-19-32(28-47)38(25-31)30-9-8-10-34(24-30)49-42-15-6-3-12-36(42)39-23-29(27-46)17-21-44(39)49/h2-26H. The minimum absolute atomic E-state index is 0.591. The number of hydrogen-bond donors (Lipinski definition) is 0. The van der Waals surface area contributed by atoms with Gasteiger partial charge in [0.1, 0.15) is 0 Å². The van der Waals surface area contributed by atoms with Crippen LogP contribution in [0.15, 0.2) is 152 Å². The molecule has 7 aromatic carbocycles. The number of para-hydroxylation sites is 3. The maximum absolute atomic E-state index is 10.3. The Balaban J connectivity index is 1.23. The third-order valence-corrected chi connectivity index (χ3v) is 9.60. The van der Waals surface area contributed by atoms with E-state index < -0.39 is 0 Å². The van der Waals surface area contributed by atoms with Gasteiger partial charge >= 0.3 is 0 Å². The molecule has 0 saturated carbocycles. The predicted molar refractivity (Wildman–Crippen MR) is 202 cm³/mol. The van der Waals surface area contributed by atoms with Crippen LogP contribution >= 0.6 is 0 Å². The molecule has 0 atom stereocenters. The third kappa shape index (κ3) is 4.38. The summed E-state index contributed by atoms with van der Waals surface area (Å²) in [4.78, 5) is 3.69. The second-order valence-electron chi connectivity index (χ2n) is 12.3. The summed E-state index contributed by atoms with van der Waals surface area (Å²) in [6.07, 6.45) is 0. The number of nitrogens with zero attached hydrogens (tertiary/aromatic N) is 5. The molecule has 5 nitrogen and oxygen atoms in total. The van der Waals surface area contributed by atoms with E-state index in [0.717, 1.165) is 77.2 Å². The van der Waals surface area contributed by atoms with Crippen molar-refractivity contribution >= 4 is 49.3 Å². The Morgan fingerprint density at radius 3 is 1.92 bits per heavy atom. The zero-order chi connectivity index (χ0) is 33.8. The highest BCUT2D eigenvalue weighted by atomic mass is 15.0. The Morgan fingerprint density at radius 1 is 0.480 bits per heavy atom. The average Bonchev–Trinajstić information content (AvgIpc) is 3.69. The van der Waals surface area contributed by atoms with Crippen molar-refractivity contribution in [3.05, 3.63) is 174 Å². The van der Waals surface area contributed by atoms with Crippen LogP contribution in [0.25, 0.3) is 82.1 Å². The molecule has 0 fully saturated rings. The molecule has 0 aliphatic heterocycles. The molecule has 0 bridgehead atoms. The van der Waals surface area contributed by atoms with Crippen molar-refractivity contribution in [3.8, 4) is 45.8 Å². The number of rotatable bonds is 4. The number of nitriles is 2. The normalized spacial score (nSPS) is 11.1. The lowest BCUT2D eigenvalue weighted by molar-refractivity contribution is 1.18. The minimum Gasteiger partial charge on any atom is -0.309 e. The maximum Gasteiger partial charge on any atom is 0.188 e. The molecular weight excluding hydrogens is 611 g/mol. The summed E-state index contributed by atoms with van der Waals surface area (Å²) in [5, 5.41) is 24.1. The van der Waals surface area contributed by atoms with Crippen molar-refractivity contribution in [3.63, 3.8) is 0 Å². The van der Waals surface area contributed by atoms with Crippen LogP contribution < -0.4 is 0 Å². The Morgan fingerprint density at radius 2 is 1.14 bits per heavy atom. The quantitative estimate of drug-likeness (QED) is 0.181. The fraction of sp³-hybridized carbons (Fsp3) is 0. The van der Waals surface area contributed by atoms with E-state index in [4.69, 9.17) is 6.57 Å². The van der Waals surface area contributed by atoms with Crippen LogP contribution in [0.1, 0.15) is 11.1 Å². The summed E-state index contributed by atoms with van der Waals surface area (Å²) in [6.45, 7) is 7.59. The molecule has 0 saturated heterocycles. The van der Waals surface area contributed by atoms with E-state index in [-0.39, 0.29) is 0 Å². The minimum atomic E-state index is 0.591. The Kier molecular flexibility index (Phi) is 6.56. The van der Waals surface area contributed by atoms with Crippen LogP contribution in [-0.4, -0.2) is 9.13 Å². The number of benzene rings is 7. The molecule has 5 heteroatoms. The van der Waals surface area contributed by atoms with Gasteiger partial charge in [-0.15, -0.1) is 0 Å². The molecule has 0 radical (unpaired) electrons. The topological polar surface area (TPSA) is 61.8 Å². The fourth-order valence-electron chi connectivity index (χ4n) is 7.38. The largest absolute Gasteiger partial charge is 0.309 e. The molecule has 0 N–H and O–H groups in total. The fourth-order valence-corrected chi connectivity index (χ4v) is 7.38. The van der Waals surface area contributed by atoms with Gasteiger partial charge in [0.05, 0.1) is 57.6 Å². The maximum atomic E-state index is 10.3. The first-order valence-corrected chi connectivity index (χ1v) is 16.3. The highest BCUT2D eigenvalue weighted by Gasteiger charge is 2.18. The van der Waals surface area contributed by atoms with Crippen molar-refractivity contribution < 1.29 is 0 Å². The molecule has 0 spiro atoms. The van der Waals surface area contributed by atoms with Gasteiger partial charge in [-0.05, 0) is 89.3 Å². The molecular formula is C45H25N5. The van der Waals surface area contributed by atoms with E-state index in [0.29, 0.717) is 16.8 Å². The molecule has 2 heterocycles. The van der Waals surface area contributed by atoms with Gasteiger partial charge in [0.2, 0.25) is 0 Å². The van der Waals surface area contributed by atoms with Crippen LogP contribution in [0.4, 0.5) is 5.69 Å². The van der Waals surface area contributed by atoms with Gasteiger partial charge in [-0.2, -0.15) is 10.5 Å². The smallest absolute Gasteiger partial charge is 0.188 e. The summed E-state index contributed by atoms with van der Waals surface area (Å²) >= 11 is 0. The zero-order valence-electron chi connectivity index (χ0n) is 26.7. The van der Waals surface area contributed by atoms with Gasteiger partial charge in [-0.3, -0.25) is 0 Å². The van der Waals surface area contributed by atoms with Crippen LogP contribution in [0.2, 0.25) is 0 Å². The lowest BCUT2D eigenvalue weighted by atomic mass is 9.94. The molecule has 230 valence electrons. The van der Waals surface area contributed by atoms with Crippen molar-refractivity contribution in [2.75, 3.05) is 0 Å². The predicted octanol–water partition coefficient (Wildman–Crippen LogP) is 11.5. The molecule has 0 aliphatic rings. The Labute approximate surface area is 288 Å². The van der Waals surface area contributed by atoms with Gasteiger partial charge in [0.15, 0.2) is 5.69 Å². The number of fused-ring (bicyclic) bond motifs is 6. The van der Waals surface area contributed by atoms with Crippen molar-refractivity contribution in [1.82, 2.24) is 9.13 Å². The second kappa shape index (κ2) is 11.4. The van der Waals surface area contributed by atoms with Crippen LogP contribution in [0.5, 0.6) is 0 Å². The number of hydrogen-bond acceptors (Lipinski definition) is 2. The second-order valence-corrected chi connectivity index (χ2v) is 12.3. The third-order valence-electron chi connectivity index (χ3n) is 9.60. The van der Waals surface area contributed by atoms with Gasteiger partial charge < -0.3 is 9.13 Å². The molecule has 9 rings (SSSR count). The van der Waals surface area contributed by atoms with E-state index in [1.165, 1.54) is 0 Å². The molecule has 2 aromatic heterocycles. The monoisotopic (exact) mass is 635 g/mol. The van der Waals surface area contributed by atoms with Crippen molar-refractivity contribution in [2.45, 2.75) is 0 Å². The zero-order valence-corrected chi connectivity index (χ0v) is 26.7. The van der Waals surface area contributed by atoms with E-state index in [1.54, 1.807) is 0 Å². The summed E-state index contributed by atoms with van der Waals surface area (Å²) in [5.41, 5.74) is 11.8. The van der Waals surface area contributed by atoms with E-state index >= 15 is 0 Å². The molecule has 0 unspecified atom stereocenters. The Bertz CT molecular complexity index is 2970. The van der Waals surface area contributed by atoms with Crippen LogP contribution in [-0.2, 0) is 0 Å².